The Kier molecular flexibility index (Phi) is 9.39. The maximum atomic E-state index is 14.0. The molecule has 270 valence electrons. The summed E-state index contributed by atoms with van der Waals surface area (Å²) in [5.41, 5.74) is 6.81. The van der Waals surface area contributed by atoms with Crippen LogP contribution in [-0.4, -0.2) is 77.0 Å². The highest BCUT2D eigenvalue weighted by molar-refractivity contribution is 7.89. The Morgan fingerprint density at radius 3 is 2.50 bits per heavy atom. The maximum Gasteiger partial charge on any atom is 0.410 e. The van der Waals surface area contributed by atoms with Crippen molar-refractivity contribution in [1.82, 2.24) is 23.7 Å². The van der Waals surface area contributed by atoms with Crippen LogP contribution in [0.4, 0.5) is 4.79 Å². The fourth-order valence-electron chi connectivity index (χ4n) is 7.05. The highest BCUT2D eigenvalue weighted by Gasteiger charge is 2.35. The first-order chi connectivity index (χ1) is 24.8. The smallest absolute Gasteiger partial charge is 0.410 e. The van der Waals surface area contributed by atoms with Crippen LogP contribution in [0.5, 0.6) is 0 Å². The number of amides is 2. The summed E-state index contributed by atoms with van der Waals surface area (Å²) < 4.78 is 40.9. The van der Waals surface area contributed by atoms with E-state index in [0.717, 1.165) is 47.1 Å². The Bertz CT molecular complexity index is 2260. The van der Waals surface area contributed by atoms with Gasteiger partial charge in [0.05, 0.1) is 36.3 Å². The quantitative estimate of drug-likeness (QED) is 0.176. The molecule has 0 N–H and O–H groups in total. The van der Waals surface area contributed by atoms with Gasteiger partial charge in [-0.2, -0.15) is 0 Å². The molecule has 2 aromatic carbocycles. The van der Waals surface area contributed by atoms with Crippen LogP contribution in [0.1, 0.15) is 72.3 Å². The molecule has 5 heterocycles. The van der Waals surface area contributed by atoms with Gasteiger partial charge in [0, 0.05) is 55.7 Å². The summed E-state index contributed by atoms with van der Waals surface area (Å²) >= 11 is 0. The molecule has 2 aliphatic rings. The van der Waals surface area contributed by atoms with Crippen LogP contribution in [-0.2, 0) is 38.3 Å². The summed E-state index contributed by atoms with van der Waals surface area (Å²) in [6.07, 6.45) is 6.84. The molecule has 52 heavy (non-hydrogen) atoms. The van der Waals surface area contributed by atoms with Crippen LogP contribution < -0.4 is 0 Å². The SMILES string of the molecule is CN(C)C(=O)c1ccc(-c2cn(S(=O)(=O)Cc3ccccc3)c3ncc(-c4cc5c(c([C@@H]6CCCN6C(=O)OC(C)(C)C)c4)COCC5)cc23)nc1. The zero-order chi connectivity index (χ0) is 36.8. The van der Waals surface area contributed by atoms with Gasteiger partial charge in [-0.25, -0.2) is 22.2 Å². The summed E-state index contributed by atoms with van der Waals surface area (Å²) in [7, 11) is -0.540. The zero-order valence-electron chi connectivity index (χ0n) is 30.1. The van der Waals surface area contributed by atoms with Crippen molar-refractivity contribution in [1.29, 1.82) is 0 Å². The maximum absolute atomic E-state index is 14.0. The molecule has 12 heteroatoms. The highest BCUT2D eigenvalue weighted by atomic mass is 32.2. The Labute approximate surface area is 304 Å². The fourth-order valence-corrected chi connectivity index (χ4v) is 8.48. The van der Waals surface area contributed by atoms with Gasteiger partial charge in [-0.1, -0.05) is 36.4 Å². The number of carbonyl (C=O) groups excluding carboxylic acids is 2. The molecule has 2 amide bonds. The molecule has 0 aliphatic carbocycles. The lowest BCUT2D eigenvalue weighted by Gasteiger charge is -2.31. The van der Waals surface area contributed by atoms with Crippen molar-refractivity contribution in [2.24, 2.45) is 0 Å². The molecule has 0 bridgehead atoms. The van der Waals surface area contributed by atoms with Crippen LogP contribution in [0.3, 0.4) is 0 Å². The van der Waals surface area contributed by atoms with E-state index < -0.39 is 15.6 Å². The third-order valence-corrected chi connectivity index (χ3v) is 11.1. The number of rotatable bonds is 7. The van der Waals surface area contributed by atoms with Crippen molar-refractivity contribution in [3.63, 3.8) is 0 Å². The molecule has 0 radical (unpaired) electrons. The van der Waals surface area contributed by atoms with Gasteiger partial charge in [0.2, 0.25) is 10.0 Å². The van der Waals surface area contributed by atoms with Crippen LogP contribution in [0.2, 0.25) is 0 Å². The van der Waals surface area contributed by atoms with Gasteiger partial charge in [0.25, 0.3) is 5.91 Å². The summed E-state index contributed by atoms with van der Waals surface area (Å²) in [6, 6.07) is 18.5. The van der Waals surface area contributed by atoms with Gasteiger partial charge in [-0.05, 0) is 92.1 Å². The first kappa shape index (κ1) is 35.3. The van der Waals surface area contributed by atoms with Crippen molar-refractivity contribution in [2.75, 3.05) is 27.2 Å². The second kappa shape index (κ2) is 13.8. The van der Waals surface area contributed by atoms with E-state index >= 15 is 0 Å². The first-order valence-corrected chi connectivity index (χ1v) is 19.1. The minimum absolute atomic E-state index is 0.172. The number of carbonyl (C=O) groups is 2. The fraction of sp³-hybridized carbons (Fsp3) is 0.350. The monoisotopic (exact) mass is 721 g/mol. The Balaban J connectivity index is 1.35. The van der Waals surface area contributed by atoms with Crippen LogP contribution >= 0.6 is 0 Å². The average molecular weight is 722 g/mol. The number of aromatic nitrogens is 3. The Hall–Kier alpha value is -5.07. The van der Waals surface area contributed by atoms with Crippen molar-refractivity contribution >= 4 is 33.1 Å². The normalized spacial score (nSPS) is 16.2. The number of hydrogen-bond donors (Lipinski definition) is 0. The van der Waals surface area contributed by atoms with E-state index in [1.165, 1.54) is 15.1 Å². The predicted molar refractivity (Wildman–Crippen MR) is 199 cm³/mol. The molecule has 0 spiro atoms. The second-order valence-corrected chi connectivity index (χ2v) is 16.5. The number of hydrogen-bond acceptors (Lipinski definition) is 8. The average Bonchev–Trinajstić information content (AvgIpc) is 3.76. The van der Waals surface area contributed by atoms with E-state index in [1.54, 1.807) is 50.8 Å². The van der Waals surface area contributed by atoms with E-state index in [4.69, 9.17) is 14.5 Å². The van der Waals surface area contributed by atoms with E-state index in [2.05, 4.69) is 17.1 Å². The van der Waals surface area contributed by atoms with Crippen molar-refractivity contribution in [3.8, 4) is 22.4 Å². The summed E-state index contributed by atoms with van der Waals surface area (Å²) in [6.45, 7) is 7.28. The Morgan fingerprint density at radius 2 is 1.79 bits per heavy atom. The lowest BCUT2D eigenvalue weighted by molar-refractivity contribution is 0.0221. The number of nitrogens with zero attached hydrogens (tertiary/aromatic N) is 5. The summed E-state index contributed by atoms with van der Waals surface area (Å²) in [5.74, 6) is -0.396. The molecule has 1 atom stereocenters. The van der Waals surface area contributed by atoms with E-state index in [9.17, 15) is 18.0 Å². The topological polar surface area (TPSA) is 124 Å². The number of likely N-dealkylation sites (tertiary alicyclic amines) is 1. The molecular weight excluding hydrogens is 679 g/mol. The predicted octanol–water partition coefficient (Wildman–Crippen LogP) is 6.99. The van der Waals surface area contributed by atoms with Gasteiger partial charge in [-0.3, -0.25) is 9.78 Å². The minimum Gasteiger partial charge on any atom is -0.444 e. The summed E-state index contributed by atoms with van der Waals surface area (Å²) in [4.78, 5) is 38.7. The first-order valence-electron chi connectivity index (χ1n) is 17.5. The minimum atomic E-state index is -3.89. The van der Waals surface area contributed by atoms with Crippen molar-refractivity contribution in [2.45, 2.75) is 64.0 Å². The zero-order valence-corrected chi connectivity index (χ0v) is 30.9. The third kappa shape index (κ3) is 7.05. The third-order valence-electron chi connectivity index (χ3n) is 9.51. The van der Waals surface area contributed by atoms with Crippen LogP contribution in [0.15, 0.2) is 79.3 Å². The second-order valence-electron chi connectivity index (χ2n) is 14.6. The van der Waals surface area contributed by atoms with Crippen LogP contribution in [0.25, 0.3) is 33.4 Å². The molecule has 0 unspecified atom stereocenters. The van der Waals surface area contributed by atoms with Crippen LogP contribution in [0, 0.1) is 0 Å². The number of benzene rings is 2. The number of pyridine rings is 2. The lowest BCUT2D eigenvalue weighted by Crippen LogP contribution is -2.36. The van der Waals surface area contributed by atoms with Crippen molar-refractivity contribution in [3.05, 3.63) is 107 Å². The van der Waals surface area contributed by atoms with Gasteiger partial charge >= 0.3 is 6.09 Å². The van der Waals surface area contributed by atoms with Gasteiger partial charge in [-0.15, -0.1) is 0 Å². The molecule has 1 saturated heterocycles. The molecular formula is C40H43N5O6S. The standard InChI is InChI=1S/C40H43N5O6S/c1-40(2,3)51-39(47)44-16-9-12-36(44)31-19-29(18-27-15-17-50-24-34(27)31)30-20-32-33(35-14-13-28(21-41-35)38(46)43(4)5)23-45(37(32)42-22-30)52(48,49)25-26-10-7-6-8-11-26/h6-8,10-11,13-14,18-23,36H,9,12,15-17,24-25H2,1-5H3/t36-/m0/s1. The largest absolute Gasteiger partial charge is 0.444 e. The van der Waals surface area contributed by atoms with Crippen molar-refractivity contribution < 1.29 is 27.5 Å². The van der Waals surface area contributed by atoms with E-state index in [-0.39, 0.29) is 29.4 Å². The van der Waals surface area contributed by atoms with Gasteiger partial charge in [0.1, 0.15) is 5.60 Å². The molecule has 11 nitrogen and oxygen atoms in total. The summed E-state index contributed by atoms with van der Waals surface area (Å²) in [5, 5.41) is 0.604. The van der Waals surface area contributed by atoms with E-state index in [1.807, 2.05) is 49.9 Å². The number of ether oxygens (including phenoxy) is 2. The van der Waals surface area contributed by atoms with E-state index in [0.29, 0.717) is 47.5 Å². The Morgan fingerprint density at radius 1 is 1.00 bits per heavy atom. The highest BCUT2D eigenvalue weighted by Crippen LogP contribution is 2.41. The molecule has 3 aromatic heterocycles. The van der Waals surface area contributed by atoms with Gasteiger partial charge < -0.3 is 19.3 Å². The molecule has 7 rings (SSSR count). The molecule has 1 fully saturated rings. The molecule has 2 aliphatic heterocycles. The molecule has 0 saturated carbocycles. The van der Waals surface area contributed by atoms with Gasteiger partial charge in [0.15, 0.2) is 5.65 Å². The lowest BCUT2D eigenvalue weighted by atomic mass is 9.88. The number of fused-ring (bicyclic) bond motifs is 2. The molecule has 5 aromatic rings.